The Morgan fingerprint density at radius 1 is 1.31 bits per heavy atom. The van der Waals surface area contributed by atoms with E-state index >= 15 is 0 Å². The average Bonchev–Trinajstić information content (AvgIpc) is 2.02. The highest BCUT2D eigenvalue weighted by molar-refractivity contribution is 14.1. The fraction of sp³-hybridized carbons (Fsp3) is 0.900. The predicted molar refractivity (Wildman–Crippen MR) is 69.0 cm³/mol. The Hall–Kier alpha value is 0.200. The van der Waals surface area contributed by atoms with Crippen LogP contribution in [-0.2, 0) is 0 Å². The van der Waals surface area contributed by atoms with E-state index in [1.165, 1.54) is 5.84 Å². The van der Waals surface area contributed by atoms with Gasteiger partial charge in [0.2, 0.25) is 0 Å². The van der Waals surface area contributed by atoms with Crippen molar-refractivity contribution in [3.05, 3.63) is 0 Å². The number of hydrogen-bond donors (Lipinski definition) is 0. The van der Waals surface area contributed by atoms with Gasteiger partial charge in [-0.25, -0.2) is 0 Å². The molecule has 0 aliphatic carbocycles. The van der Waals surface area contributed by atoms with Crippen molar-refractivity contribution in [2.45, 2.75) is 46.7 Å². The molecule has 0 bridgehead atoms. The highest BCUT2D eigenvalue weighted by atomic mass is 127. The third-order valence-electron chi connectivity index (χ3n) is 1.82. The Bertz CT molecular complexity index is 164. The summed E-state index contributed by atoms with van der Waals surface area (Å²) < 4.78 is 1.00. The van der Waals surface area contributed by atoms with Crippen molar-refractivity contribution in [3.63, 3.8) is 0 Å². The van der Waals surface area contributed by atoms with Crippen molar-refractivity contribution in [2.75, 3.05) is 11.0 Å². The minimum absolute atomic E-state index is 0.401. The van der Waals surface area contributed by atoms with Crippen molar-refractivity contribution >= 4 is 28.4 Å². The molecule has 0 N–H and O–H groups in total. The first-order valence-corrected chi connectivity index (χ1v) is 6.44. The lowest BCUT2D eigenvalue weighted by molar-refractivity contribution is 0.363. The zero-order valence-electron chi connectivity index (χ0n) is 9.34. The maximum Gasteiger partial charge on any atom is 0.109 e. The van der Waals surface area contributed by atoms with Gasteiger partial charge in [0, 0.05) is 18.6 Å². The number of rotatable bonds is 4. The number of amidine groups is 1. The zero-order chi connectivity index (χ0) is 10.4. The first-order valence-electron chi connectivity index (χ1n) is 4.92. The van der Waals surface area contributed by atoms with Crippen LogP contribution in [0.15, 0.2) is 4.99 Å². The standard InChI is InChI=1S/C10H21IN2/c1-6-13(9(4)5)10(7-11)12-8(2)3/h8-9H,6-7H2,1-5H3. The molecule has 2 nitrogen and oxygen atoms in total. The summed E-state index contributed by atoms with van der Waals surface area (Å²) in [4.78, 5) is 6.98. The molecule has 3 heteroatoms. The van der Waals surface area contributed by atoms with Gasteiger partial charge >= 0.3 is 0 Å². The van der Waals surface area contributed by atoms with Crippen LogP contribution in [0.1, 0.15) is 34.6 Å². The van der Waals surface area contributed by atoms with Crippen LogP contribution in [0.4, 0.5) is 0 Å². The highest BCUT2D eigenvalue weighted by Crippen LogP contribution is 2.04. The van der Waals surface area contributed by atoms with Gasteiger partial charge in [-0.3, -0.25) is 4.99 Å². The van der Waals surface area contributed by atoms with Crippen LogP contribution in [0.5, 0.6) is 0 Å². The van der Waals surface area contributed by atoms with Crippen molar-refractivity contribution in [3.8, 4) is 0 Å². The van der Waals surface area contributed by atoms with Crippen molar-refractivity contribution in [1.82, 2.24) is 4.90 Å². The maximum absolute atomic E-state index is 4.62. The third-order valence-corrected chi connectivity index (χ3v) is 2.50. The molecular weight excluding hydrogens is 275 g/mol. The Morgan fingerprint density at radius 3 is 2.08 bits per heavy atom. The van der Waals surface area contributed by atoms with E-state index in [4.69, 9.17) is 0 Å². The summed E-state index contributed by atoms with van der Waals surface area (Å²) in [5.74, 6) is 1.23. The first kappa shape index (κ1) is 13.2. The van der Waals surface area contributed by atoms with Crippen LogP contribution in [-0.4, -0.2) is 33.8 Å². The molecule has 0 aromatic carbocycles. The summed E-state index contributed by atoms with van der Waals surface area (Å²) >= 11 is 2.38. The third kappa shape index (κ3) is 4.84. The quantitative estimate of drug-likeness (QED) is 0.337. The van der Waals surface area contributed by atoms with Crippen LogP contribution in [0, 0.1) is 0 Å². The molecule has 0 unspecified atom stereocenters. The number of nitrogens with zero attached hydrogens (tertiary/aromatic N) is 2. The van der Waals surface area contributed by atoms with Crippen molar-refractivity contribution < 1.29 is 0 Å². The van der Waals surface area contributed by atoms with E-state index in [0.717, 1.165) is 11.0 Å². The predicted octanol–water partition coefficient (Wildman–Crippen LogP) is 2.96. The van der Waals surface area contributed by atoms with Gasteiger partial charge in [-0.2, -0.15) is 0 Å². The monoisotopic (exact) mass is 296 g/mol. The second-order valence-electron chi connectivity index (χ2n) is 3.65. The largest absolute Gasteiger partial charge is 0.358 e. The van der Waals surface area contributed by atoms with Crippen molar-refractivity contribution in [1.29, 1.82) is 0 Å². The minimum atomic E-state index is 0.401. The van der Waals surface area contributed by atoms with Crippen LogP contribution in [0.2, 0.25) is 0 Å². The Labute approximate surface area is 95.9 Å². The SMILES string of the molecule is CCN(C(CI)=NC(C)C)C(C)C. The van der Waals surface area contributed by atoms with Crippen LogP contribution < -0.4 is 0 Å². The fourth-order valence-corrected chi connectivity index (χ4v) is 1.96. The normalized spacial score (nSPS) is 12.8. The van der Waals surface area contributed by atoms with Crippen LogP contribution in [0.25, 0.3) is 0 Å². The van der Waals surface area contributed by atoms with E-state index in [9.17, 15) is 0 Å². The lowest BCUT2D eigenvalue weighted by Gasteiger charge is -2.28. The van der Waals surface area contributed by atoms with Gasteiger partial charge in [-0.1, -0.05) is 22.6 Å². The summed E-state index contributed by atoms with van der Waals surface area (Å²) in [6.07, 6.45) is 0. The van der Waals surface area contributed by atoms with Gasteiger partial charge < -0.3 is 4.90 Å². The summed E-state index contributed by atoms with van der Waals surface area (Å²) in [6.45, 7) is 11.9. The topological polar surface area (TPSA) is 15.6 Å². The molecule has 0 aromatic heterocycles. The molecule has 0 rings (SSSR count). The van der Waals surface area contributed by atoms with Crippen LogP contribution in [0.3, 0.4) is 0 Å². The second-order valence-corrected chi connectivity index (χ2v) is 4.42. The molecule has 13 heavy (non-hydrogen) atoms. The van der Waals surface area contributed by atoms with E-state index < -0.39 is 0 Å². The highest BCUT2D eigenvalue weighted by Gasteiger charge is 2.11. The van der Waals surface area contributed by atoms with E-state index in [0.29, 0.717) is 12.1 Å². The summed E-state index contributed by atoms with van der Waals surface area (Å²) in [6, 6.07) is 0.954. The molecule has 0 saturated heterocycles. The Kier molecular flexibility index (Phi) is 6.73. The maximum atomic E-state index is 4.62. The number of aliphatic imine (C=N–C) groups is 1. The molecule has 0 aliphatic rings. The van der Waals surface area contributed by atoms with Gasteiger partial charge in [-0.15, -0.1) is 0 Å². The second kappa shape index (κ2) is 6.62. The molecule has 0 aromatic rings. The summed E-state index contributed by atoms with van der Waals surface area (Å²) in [5, 5.41) is 0. The molecule has 0 spiro atoms. The lowest BCUT2D eigenvalue weighted by atomic mass is 10.3. The Morgan fingerprint density at radius 2 is 1.85 bits per heavy atom. The Balaban J connectivity index is 4.52. The summed E-state index contributed by atoms with van der Waals surface area (Å²) in [5.41, 5.74) is 0. The van der Waals surface area contributed by atoms with E-state index in [2.05, 4.69) is 67.1 Å². The number of halogens is 1. The molecule has 0 fully saturated rings. The van der Waals surface area contributed by atoms with Gasteiger partial charge in [0.25, 0.3) is 0 Å². The van der Waals surface area contributed by atoms with Crippen LogP contribution >= 0.6 is 22.6 Å². The number of alkyl halides is 1. The van der Waals surface area contributed by atoms with E-state index in [1.54, 1.807) is 0 Å². The van der Waals surface area contributed by atoms with Crippen molar-refractivity contribution in [2.24, 2.45) is 4.99 Å². The molecule has 0 saturated carbocycles. The first-order chi connectivity index (χ1) is 6.02. The lowest BCUT2D eigenvalue weighted by Crippen LogP contribution is -2.38. The van der Waals surface area contributed by atoms with E-state index in [1.807, 2.05) is 0 Å². The molecule has 0 radical (unpaired) electrons. The molecule has 0 aliphatic heterocycles. The number of hydrogen-bond acceptors (Lipinski definition) is 1. The van der Waals surface area contributed by atoms with Gasteiger partial charge in [0.05, 0.1) is 4.43 Å². The van der Waals surface area contributed by atoms with Gasteiger partial charge in [0.1, 0.15) is 5.84 Å². The average molecular weight is 296 g/mol. The summed E-state index contributed by atoms with van der Waals surface area (Å²) in [7, 11) is 0. The van der Waals surface area contributed by atoms with Gasteiger partial charge in [0.15, 0.2) is 0 Å². The minimum Gasteiger partial charge on any atom is -0.358 e. The smallest absolute Gasteiger partial charge is 0.109 e. The van der Waals surface area contributed by atoms with E-state index in [-0.39, 0.29) is 0 Å². The fourth-order valence-electron chi connectivity index (χ4n) is 1.33. The molecular formula is C10H21IN2. The van der Waals surface area contributed by atoms with Gasteiger partial charge in [-0.05, 0) is 34.6 Å². The zero-order valence-corrected chi connectivity index (χ0v) is 11.5. The molecule has 0 heterocycles. The molecule has 78 valence electrons. The molecule has 0 atom stereocenters. The molecule has 0 amide bonds.